The normalized spacial score (nSPS) is 10.4. The van der Waals surface area contributed by atoms with Crippen molar-refractivity contribution in [2.75, 3.05) is 7.11 Å². The number of hydrogen-bond donors (Lipinski definition) is 0. The summed E-state index contributed by atoms with van der Waals surface area (Å²) in [5.74, 6) is -1.13. The molecule has 0 fully saturated rings. The van der Waals surface area contributed by atoms with Gasteiger partial charge in [-0.15, -0.1) is 0 Å². The zero-order valence-corrected chi connectivity index (χ0v) is 10.1. The predicted molar refractivity (Wildman–Crippen MR) is 59.9 cm³/mol. The summed E-state index contributed by atoms with van der Waals surface area (Å²) in [5, 5.41) is 3.63. The van der Waals surface area contributed by atoms with Crippen molar-refractivity contribution in [3.05, 3.63) is 46.3 Å². The molecule has 0 aliphatic heterocycles. The van der Waals surface area contributed by atoms with E-state index in [1.165, 1.54) is 19.2 Å². The molecule has 0 radical (unpaired) electrons. The fourth-order valence-corrected chi connectivity index (χ4v) is 1.53. The van der Waals surface area contributed by atoms with Crippen molar-refractivity contribution in [1.82, 2.24) is 10.1 Å². The van der Waals surface area contributed by atoms with E-state index >= 15 is 0 Å². The van der Waals surface area contributed by atoms with Crippen LogP contribution in [-0.4, -0.2) is 23.2 Å². The van der Waals surface area contributed by atoms with Crippen LogP contribution in [0.15, 0.2) is 22.7 Å². The number of rotatable bonds is 3. The smallest absolute Gasteiger partial charge is 0.397 e. The standard InChI is InChI=1S/C11H8ClFN2O3/c1-17-11(16)10-14-9(15-18-10)5-6-2-3-8(13)7(12)4-6/h2-4H,5H2,1H3. The highest BCUT2D eigenvalue weighted by molar-refractivity contribution is 6.30. The SMILES string of the molecule is COC(=O)c1nc(Cc2ccc(F)c(Cl)c2)no1. The molecule has 18 heavy (non-hydrogen) atoms. The molecule has 94 valence electrons. The van der Waals surface area contributed by atoms with Crippen molar-refractivity contribution in [2.45, 2.75) is 6.42 Å². The van der Waals surface area contributed by atoms with Gasteiger partial charge in [-0.1, -0.05) is 22.8 Å². The molecule has 0 atom stereocenters. The topological polar surface area (TPSA) is 65.2 Å². The first-order valence-corrected chi connectivity index (χ1v) is 5.33. The van der Waals surface area contributed by atoms with Crippen LogP contribution in [0.1, 0.15) is 22.1 Å². The number of ether oxygens (including phenoxy) is 1. The van der Waals surface area contributed by atoms with Gasteiger partial charge in [0, 0.05) is 6.42 Å². The minimum Gasteiger partial charge on any atom is -0.462 e. The van der Waals surface area contributed by atoms with Gasteiger partial charge in [0.1, 0.15) is 5.82 Å². The summed E-state index contributed by atoms with van der Waals surface area (Å²) in [5.41, 5.74) is 0.707. The molecule has 0 saturated heterocycles. The van der Waals surface area contributed by atoms with Crippen molar-refractivity contribution in [1.29, 1.82) is 0 Å². The number of hydrogen-bond acceptors (Lipinski definition) is 5. The van der Waals surface area contributed by atoms with Gasteiger partial charge >= 0.3 is 11.9 Å². The quantitative estimate of drug-likeness (QED) is 0.800. The summed E-state index contributed by atoms with van der Waals surface area (Å²) in [4.78, 5) is 14.9. The molecule has 0 unspecified atom stereocenters. The second-order valence-electron chi connectivity index (χ2n) is 3.43. The lowest BCUT2D eigenvalue weighted by Crippen LogP contribution is -2.01. The van der Waals surface area contributed by atoms with Crippen molar-refractivity contribution in [2.24, 2.45) is 0 Å². The fourth-order valence-electron chi connectivity index (χ4n) is 1.33. The minimum atomic E-state index is -0.703. The summed E-state index contributed by atoms with van der Waals surface area (Å²) in [6.07, 6.45) is 0.278. The van der Waals surface area contributed by atoms with Crippen molar-refractivity contribution < 1.29 is 18.4 Å². The fraction of sp³-hybridized carbons (Fsp3) is 0.182. The van der Waals surface area contributed by atoms with E-state index in [1.54, 1.807) is 6.07 Å². The summed E-state index contributed by atoms with van der Waals surface area (Å²) >= 11 is 5.64. The number of nitrogens with zero attached hydrogens (tertiary/aromatic N) is 2. The van der Waals surface area contributed by atoms with E-state index in [2.05, 4.69) is 14.9 Å². The summed E-state index contributed by atoms with van der Waals surface area (Å²) in [6, 6.07) is 4.26. The second kappa shape index (κ2) is 5.14. The van der Waals surface area contributed by atoms with Gasteiger partial charge in [-0.3, -0.25) is 0 Å². The number of aromatic nitrogens is 2. The third kappa shape index (κ3) is 2.65. The molecule has 2 rings (SSSR count). The first-order valence-electron chi connectivity index (χ1n) is 4.95. The molecule has 0 saturated carbocycles. The number of carbonyl (C=O) groups is 1. The Morgan fingerprint density at radius 2 is 2.33 bits per heavy atom. The highest BCUT2D eigenvalue weighted by atomic mass is 35.5. The van der Waals surface area contributed by atoms with E-state index in [0.29, 0.717) is 5.56 Å². The molecular weight excluding hydrogens is 263 g/mol. The molecule has 1 aromatic heterocycles. The average Bonchev–Trinajstić information content (AvgIpc) is 2.81. The highest BCUT2D eigenvalue weighted by Gasteiger charge is 2.15. The Morgan fingerprint density at radius 1 is 1.56 bits per heavy atom. The molecule has 0 spiro atoms. The van der Waals surface area contributed by atoms with Crippen LogP contribution >= 0.6 is 11.6 Å². The monoisotopic (exact) mass is 270 g/mol. The number of halogens is 2. The van der Waals surface area contributed by atoms with Crippen LogP contribution in [0.4, 0.5) is 4.39 Å². The van der Waals surface area contributed by atoms with Crippen LogP contribution in [0.2, 0.25) is 5.02 Å². The lowest BCUT2D eigenvalue weighted by Gasteiger charge is -1.98. The molecule has 0 aliphatic rings. The van der Waals surface area contributed by atoms with Crippen molar-refractivity contribution in [3.8, 4) is 0 Å². The average molecular weight is 271 g/mol. The van der Waals surface area contributed by atoms with Crippen LogP contribution in [-0.2, 0) is 11.2 Å². The predicted octanol–water partition coefficient (Wildman–Crippen LogP) is 2.24. The number of esters is 1. The van der Waals surface area contributed by atoms with Crippen LogP contribution in [0.3, 0.4) is 0 Å². The molecule has 2 aromatic rings. The molecule has 0 aliphatic carbocycles. The number of methoxy groups -OCH3 is 1. The lowest BCUT2D eigenvalue weighted by molar-refractivity contribution is 0.0545. The second-order valence-corrected chi connectivity index (χ2v) is 3.84. The van der Waals surface area contributed by atoms with Gasteiger partial charge in [-0.05, 0) is 17.7 Å². The first kappa shape index (κ1) is 12.5. The van der Waals surface area contributed by atoms with E-state index in [9.17, 15) is 9.18 Å². The largest absolute Gasteiger partial charge is 0.462 e. The van der Waals surface area contributed by atoms with E-state index in [4.69, 9.17) is 16.1 Å². The van der Waals surface area contributed by atoms with E-state index in [0.717, 1.165) is 0 Å². The van der Waals surface area contributed by atoms with Gasteiger partial charge in [-0.2, -0.15) is 4.98 Å². The van der Waals surface area contributed by atoms with Gasteiger partial charge in [0.15, 0.2) is 5.82 Å². The van der Waals surface area contributed by atoms with Gasteiger partial charge in [0.05, 0.1) is 12.1 Å². The zero-order valence-electron chi connectivity index (χ0n) is 9.31. The number of benzene rings is 1. The Bertz CT molecular complexity index is 585. The molecule has 0 bridgehead atoms. The molecule has 1 heterocycles. The van der Waals surface area contributed by atoms with Gasteiger partial charge in [0.2, 0.25) is 0 Å². The maximum Gasteiger partial charge on any atom is 0.397 e. The van der Waals surface area contributed by atoms with Crippen LogP contribution in [0.25, 0.3) is 0 Å². The Balaban J connectivity index is 2.16. The molecule has 5 nitrogen and oxygen atoms in total. The molecule has 7 heteroatoms. The Kier molecular flexibility index (Phi) is 3.57. The first-order chi connectivity index (χ1) is 8.60. The third-order valence-electron chi connectivity index (χ3n) is 2.17. The summed E-state index contributed by atoms with van der Waals surface area (Å²) < 4.78 is 22.1. The van der Waals surface area contributed by atoms with Crippen LogP contribution < -0.4 is 0 Å². The molecule has 0 amide bonds. The summed E-state index contributed by atoms with van der Waals surface area (Å²) in [7, 11) is 1.21. The minimum absolute atomic E-state index is 0.0178. The highest BCUT2D eigenvalue weighted by Crippen LogP contribution is 2.17. The van der Waals surface area contributed by atoms with Gasteiger partial charge in [-0.25, -0.2) is 9.18 Å². The van der Waals surface area contributed by atoms with Crippen LogP contribution in [0, 0.1) is 5.82 Å². The van der Waals surface area contributed by atoms with E-state index < -0.39 is 11.8 Å². The van der Waals surface area contributed by atoms with Crippen molar-refractivity contribution >= 4 is 17.6 Å². The molecule has 1 aromatic carbocycles. The molecular formula is C11H8ClFN2O3. The maximum absolute atomic E-state index is 13.0. The Hall–Kier alpha value is -1.95. The Labute approximate surface area is 107 Å². The molecule has 0 N–H and O–H groups in total. The summed E-state index contributed by atoms with van der Waals surface area (Å²) in [6.45, 7) is 0. The number of carbonyl (C=O) groups excluding carboxylic acids is 1. The van der Waals surface area contributed by atoms with E-state index in [1.807, 2.05) is 0 Å². The zero-order chi connectivity index (χ0) is 13.1. The van der Waals surface area contributed by atoms with Gasteiger partial charge < -0.3 is 9.26 Å². The Morgan fingerprint density at radius 3 is 3.00 bits per heavy atom. The third-order valence-corrected chi connectivity index (χ3v) is 2.46. The van der Waals surface area contributed by atoms with E-state index in [-0.39, 0.29) is 23.2 Å². The van der Waals surface area contributed by atoms with Crippen LogP contribution in [0.5, 0.6) is 0 Å². The lowest BCUT2D eigenvalue weighted by atomic mass is 10.1. The van der Waals surface area contributed by atoms with Crippen molar-refractivity contribution in [3.63, 3.8) is 0 Å². The maximum atomic E-state index is 13.0. The van der Waals surface area contributed by atoms with Gasteiger partial charge in [0.25, 0.3) is 0 Å².